The number of carbonyl (C=O) groups excluding carboxylic acids is 1. The van der Waals surface area contributed by atoms with Crippen molar-refractivity contribution in [3.8, 4) is 0 Å². The highest BCUT2D eigenvalue weighted by atomic mass is 32.2. The quantitative estimate of drug-likeness (QED) is 0.878. The minimum Gasteiger partial charge on any atom is -0.378 e. The van der Waals surface area contributed by atoms with Gasteiger partial charge in [0.25, 0.3) is 5.91 Å². The molecule has 0 bridgehead atoms. The van der Waals surface area contributed by atoms with Crippen LogP contribution in [0.15, 0.2) is 24.3 Å². The number of hydrogen-bond donors (Lipinski definition) is 1. The molecule has 19 heavy (non-hydrogen) atoms. The Balaban J connectivity index is 2.07. The van der Waals surface area contributed by atoms with Crippen LogP contribution in [0.25, 0.3) is 0 Å². The van der Waals surface area contributed by atoms with Gasteiger partial charge in [-0.05, 0) is 24.3 Å². The number of rotatable bonds is 3. The van der Waals surface area contributed by atoms with Gasteiger partial charge in [0.05, 0.1) is 19.5 Å². The molecule has 0 unspecified atom stereocenters. The Kier molecular flexibility index (Phi) is 4.06. The number of nitrogens with one attached hydrogen (secondary N) is 1. The van der Waals surface area contributed by atoms with Crippen LogP contribution in [0, 0.1) is 0 Å². The molecule has 1 fully saturated rings. The first-order valence-corrected chi connectivity index (χ1v) is 7.80. The molecule has 0 aliphatic carbocycles. The average Bonchev–Trinajstić information content (AvgIpc) is 2.38. The Morgan fingerprint density at radius 3 is 2.32 bits per heavy atom. The predicted octanol–water partition coefficient (Wildman–Crippen LogP) is 0.530. The van der Waals surface area contributed by atoms with Crippen LogP contribution in [0.4, 0.5) is 5.69 Å². The lowest BCUT2D eigenvalue weighted by Gasteiger charge is -2.26. The zero-order chi connectivity index (χ0) is 13.9. The largest absolute Gasteiger partial charge is 0.378 e. The van der Waals surface area contributed by atoms with E-state index >= 15 is 0 Å². The molecule has 1 aliphatic heterocycles. The zero-order valence-electron chi connectivity index (χ0n) is 10.6. The Bertz CT molecular complexity index is 548. The summed E-state index contributed by atoms with van der Waals surface area (Å²) in [6, 6.07) is 6.39. The maximum Gasteiger partial charge on any atom is 0.254 e. The molecule has 0 aromatic heterocycles. The van der Waals surface area contributed by atoms with E-state index in [1.807, 2.05) is 0 Å². The number of morpholine rings is 1. The van der Waals surface area contributed by atoms with E-state index in [4.69, 9.17) is 4.74 Å². The summed E-state index contributed by atoms with van der Waals surface area (Å²) >= 11 is 0. The van der Waals surface area contributed by atoms with Crippen LogP contribution >= 0.6 is 0 Å². The van der Waals surface area contributed by atoms with Gasteiger partial charge in [0.1, 0.15) is 0 Å². The van der Waals surface area contributed by atoms with Gasteiger partial charge in [-0.15, -0.1) is 0 Å². The number of sulfonamides is 1. The van der Waals surface area contributed by atoms with Crippen LogP contribution in [-0.2, 0) is 14.8 Å². The molecular formula is C12H16N2O4S. The minimum absolute atomic E-state index is 0.0609. The summed E-state index contributed by atoms with van der Waals surface area (Å²) in [4.78, 5) is 13.9. The fourth-order valence-corrected chi connectivity index (χ4v) is 2.41. The number of benzene rings is 1. The molecule has 1 aliphatic rings. The fraction of sp³-hybridized carbons (Fsp3) is 0.417. The van der Waals surface area contributed by atoms with Crippen LogP contribution in [0.3, 0.4) is 0 Å². The summed E-state index contributed by atoms with van der Waals surface area (Å²) in [7, 11) is -3.29. The molecule has 104 valence electrons. The topological polar surface area (TPSA) is 75.7 Å². The van der Waals surface area contributed by atoms with Gasteiger partial charge in [0.15, 0.2) is 0 Å². The number of ether oxygens (including phenoxy) is 1. The standard InChI is InChI=1S/C12H16N2O4S/c1-19(16,17)13-11-4-2-10(3-5-11)12(15)14-6-8-18-9-7-14/h2-5,13H,6-9H2,1H3. The lowest BCUT2D eigenvalue weighted by atomic mass is 10.2. The van der Waals surface area contributed by atoms with Gasteiger partial charge in [-0.1, -0.05) is 0 Å². The summed E-state index contributed by atoms with van der Waals surface area (Å²) in [6.07, 6.45) is 1.08. The fourth-order valence-electron chi connectivity index (χ4n) is 1.84. The highest BCUT2D eigenvalue weighted by Gasteiger charge is 2.18. The maximum absolute atomic E-state index is 12.1. The number of carbonyl (C=O) groups is 1. The second-order valence-corrected chi connectivity index (χ2v) is 6.10. The summed E-state index contributed by atoms with van der Waals surface area (Å²) in [5.41, 5.74) is 0.988. The van der Waals surface area contributed by atoms with Crippen LogP contribution < -0.4 is 4.72 Å². The molecule has 0 spiro atoms. The van der Waals surface area contributed by atoms with Crippen LogP contribution in [0.1, 0.15) is 10.4 Å². The van der Waals surface area contributed by atoms with Gasteiger partial charge in [-0.25, -0.2) is 8.42 Å². The van der Waals surface area contributed by atoms with E-state index in [1.165, 1.54) is 0 Å². The highest BCUT2D eigenvalue weighted by molar-refractivity contribution is 7.92. The van der Waals surface area contributed by atoms with Crippen molar-refractivity contribution in [2.45, 2.75) is 0 Å². The van der Waals surface area contributed by atoms with E-state index in [9.17, 15) is 13.2 Å². The van der Waals surface area contributed by atoms with Gasteiger partial charge in [-0.2, -0.15) is 0 Å². The molecular weight excluding hydrogens is 268 g/mol. The number of amides is 1. The highest BCUT2D eigenvalue weighted by Crippen LogP contribution is 2.13. The molecule has 1 amide bonds. The number of nitrogens with zero attached hydrogens (tertiary/aromatic N) is 1. The molecule has 6 nitrogen and oxygen atoms in total. The van der Waals surface area contributed by atoms with E-state index in [-0.39, 0.29) is 5.91 Å². The van der Waals surface area contributed by atoms with Gasteiger partial charge < -0.3 is 9.64 Å². The molecule has 1 aromatic rings. The second kappa shape index (κ2) is 5.58. The lowest BCUT2D eigenvalue weighted by Crippen LogP contribution is -2.40. The van der Waals surface area contributed by atoms with E-state index in [0.717, 1.165) is 6.26 Å². The molecule has 1 aromatic carbocycles. The van der Waals surface area contributed by atoms with Crippen LogP contribution in [0.5, 0.6) is 0 Å². The van der Waals surface area contributed by atoms with Crippen molar-refractivity contribution >= 4 is 21.6 Å². The molecule has 2 rings (SSSR count). The molecule has 1 saturated heterocycles. The third-order valence-electron chi connectivity index (χ3n) is 2.73. The Labute approximate surface area is 112 Å². The van der Waals surface area contributed by atoms with E-state index in [2.05, 4.69) is 4.72 Å². The minimum atomic E-state index is -3.29. The predicted molar refractivity (Wildman–Crippen MR) is 71.6 cm³/mol. The summed E-state index contributed by atoms with van der Waals surface area (Å²) in [5, 5.41) is 0. The Hall–Kier alpha value is -1.60. The average molecular weight is 284 g/mol. The molecule has 0 atom stereocenters. The van der Waals surface area contributed by atoms with Gasteiger partial charge in [0.2, 0.25) is 10.0 Å². The van der Waals surface area contributed by atoms with Crippen molar-refractivity contribution in [2.24, 2.45) is 0 Å². The van der Waals surface area contributed by atoms with E-state index in [0.29, 0.717) is 37.6 Å². The third kappa shape index (κ3) is 3.93. The third-order valence-corrected chi connectivity index (χ3v) is 3.34. The zero-order valence-corrected chi connectivity index (χ0v) is 11.4. The first-order valence-electron chi connectivity index (χ1n) is 5.90. The van der Waals surface area contributed by atoms with Gasteiger partial charge in [0, 0.05) is 24.3 Å². The second-order valence-electron chi connectivity index (χ2n) is 4.36. The first kappa shape index (κ1) is 13.8. The number of hydrogen-bond acceptors (Lipinski definition) is 4. The molecule has 0 saturated carbocycles. The van der Waals surface area contributed by atoms with Crippen molar-refractivity contribution in [3.63, 3.8) is 0 Å². The monoisotopic (exact) mass is 284 g/mol. The normalized spacial score (nSPS) is 16.2. The molecule has 0 radical (unpaired) electrons. The lowest BCUT2D eigenvalue weighted by molar-refractivity contribution is 0.0303. The van der Waals surface area contributed by atoms with Crippen LogP contribution in [0.2, 0.25) is 0 Å². The molecule has 1 heterocycles. The summed E-state index contributed by atoms with van der Waals surface area (Å²) < 4.78 is 29.7. The van der Waals surface area contributed by atoms with Crippen molar-refractivity contribution < 1.29 is 17.9 Å². The van der Waals surface area contributed by atoms with E-state index in [1.54, 1.807) is 29.2 Å². The SMILES string of the molecule is CS(=O)(=O)Nc1ccc(C(=O)N2CCOCC2)cc1. The van der Waals surface area contributed by atoms with Gasteiger partial charge in [-0.3, -0.25) is 9.52 Å². The van der Waals surface area contributed by atoms with Crippen molar-refractivity contribution in [2.75, 3.05) is 37.3 Å². The molecule has 1 N–H and O–H groups in total. The molecule has 7 heteroatoms. The Morgan fingerprint density at radius 1 is 1.21 bits per heavy atom. The van der Waals surface area contributed by atoms with Gasteiger partial charge >= 0.3 is 0 Å². The summed E-state index contributed by atoms with van der Waals surface area (Å²) in [6.45, 7) is 2.28. The maximum atomic E-state index is 12.1. The van der Waals surface area contributed by atoms with Crippen molar-refractivity contribution in [1.29, 1.82) is 0 Å². The number of anilines is 1. The summed E-state index contributed by atoms with van der Waals surface area (Å²) in [5.74, 6) is -0.0609. The Morgan fingerprint density at radius 2 is 1.79 bits per heavy atom. The smallest absolute Gasteiger partial charge is 0.254 e. The van der Waals surface area contributed by atoms with Crippen LogP contribution in [-0.4, -0.2) is 51.8 Å². The first-order chi connectivity index (χ1) is 8.96. The van der Waals surface area contributed by atoms with Crippen molar-refractivity contribution in [1.82, 2.24) is 4.90 Å². The van der Waals surface area contributed by atoms with E-state index < -0.39 is 10.0 Å². The van der Waals surface area contributed by atoms with Crippen molar-refractivity contribution in [3.05, 3.63) is 29.8 Å².